The third kappa shape index (κ3) is 5.85. The molecule has 0 aliphatic heterocycles. The second-order valence-corrected chi connectivity index (χ2v) is 8.15. The molecule has 33 heavy (non-hydrogen) atoms. The number of amides is 1. The summed E-state index contributed by atoms with van der Waals surface area (Å²) >= 11 is 12.1. The quantitative estimate of drug-likeness (QED) is 0.364. The Labute approximate surface area is 200 Å². The van der Waals surface area contributed by atoms with Crippen molar-refractivity contribution < 1.29 is 14.3 Å². The summed E-state index contributed by atoms with van der Waals surface area (Å²) in [6.45, 7) is 4.17. The van der Waals surface area contributed by atoms with Gasteiger partial charge in [0.05, 0.1) is 18.1 Å². The van der Waals surface area contributed by atoms with Crippen molar-refractivity contribution in [2.75, 3.05) is 5.32 Å². The Kier molecular flexibility index (Phi) is 6.86. The first-order chi connectivity index (χ1) is 15.9. The molecule has 0 aliphatic rings. The summed E-state index contributed by atoms with van der Waals surface area (Å²) in [6, 6.07) is 12.4. The van der Waals surface area contributed by atoms with Crippen molar-refractivity contribution in [1.82, 2.24) is 19.6 Å². The zero-order valence-electron chi connectivity index (χ0n) is 18.0. The van der Waals surface area contributed by atoms with E-state index in [4.69, 9.17) is 32.7 Å². The van der Waals surface area contributed by atoms with E-state index in [1.807, 2.05) is 26.0 Å². The summed E-state index contributed by atoms with van der Waals surface area (Å²) in [7, 11) is 0. The van der Waals surface area contributed by atoms with Gasteiger partial charge in [-0.2, -0.15) is 10.2 Å². The molecular weight excluding hydrogens is 465 g/mol. The van der Waals surface area contributed by atoms with Crippen LogP contribution in [0.25, 0.3) is 0 Å². The lowest BCUT2D eigenvalue weighted by atomic mass is 10.1. The monoisotopic (exact) mass is 485 g/mol. The van der Waals surface area contributed by atoms with Crippen molar-refractivity contribution in [2.24, 2.45) is 0 Å². The van der Waals surface area contributed by atoms with Crippen molar-refractivity contribution in [3.05, 3.63) is 87.9 Å². The third-order valence-electron chi connectivity index (χ3n) is 4.70. The molecule has 0 aliphatic carbocycles. The Balaban J connectivity index is 1.30. The lowest BCUT2D eigenvalue weighted by molar-refractivity contribution is 0.102. The van der Waals surface area contributed by atoms with E-state index >= 15 is 0 Å². The zero-order valence-corrected chi connectivity index (χ0v) is 19.5. The summed E-state index contributed by atoms with van der Waals surface area (Å²) in [5.74, 6) is 0.950. The van der Waals surface area contributed by atoms with Crippen molar-refractivity contribution in [1.29, 1.82) is 0 Å². The Morgan fingerprint density at radius 3 is 2.48 bits per heavy atom. The summed E-state index contributed by atoms with van der Waals surface area (Å²) in [6.07, 6.45) is 4.87. The van der Waals surface area contributed by atoms with Gasteiger partial charge >= 0.3 is 0 Å². The third-order valence-corrected chi connectivity index (χ3v) is 5.53. The number of carbonyl (C=O) groups excluding carboxylic acids is 1. The molecule has 0 radical (unpaired) electrons. The SMILES string of the molecule is Cc1cc(OCn2ccc(C(=O)Nc3cnn(COc4cccc(Cl)c4)c3)n2)cc(C)c1Cl. The second-order valence-electron chi connectivity index (χ2n) is 7.34. The van der Waals surface area contributed by atoms with Crippen LogP contribution in [-0.2, 0) is 13.5 Å². The molecule has 8 nitrogen and oxygen atoms in total. The van der Waals surface area contributed by atoms with E-state index in [1.165, 1.54) is 10.9 Å². The van der Waals surface area contributed by atoms with E-state index in [9.17, 15) is 4.79 Å². The van der Waals surface area contributed by atoms with Gasteiger partial charge in [-0.15, -0.1) is 0 Å². The molecule has 2 heterocycles. The van der Waals surface area contributed by atoms with Crippen LogP contribution < -0.4 is 14.8 Å². The van der Waals surface area contributed by atoms with E-state index < -0.39 is 0 Å². The van der Waals surface area contributed by atoms with Gasteiger partial charge < -0.3 is 14.8 Å². The Hall–Kier alpha value is -3.49. The molecule has 0 spiro atoms. The fourth-order valence-electron chi connectivity index (χ4n) is 3.08. The van der Waals surface area contributed by atoms with E-state index in [0.29, 0.717) is 22.2 Å². The van der Waals surface area contributed by atoms with Gasteiger partial charge in [-0.1, -0.05) is 29.3 Å². The maximum Gasteiger partial charge on any atom is 0.276 e. The minimum absolute atomic E-state index is 0.159. The van der Waals surface area contributed by atoms with Crippen LogP contribution in [0.4, 0.5) is 5.69 Å². The number of aryl methyl sites for hydroxylation is 2. The van der Waals surface area contributed by atoms with Gasteiger partial charge in [0, 0.05) is 16.2 Å². The van der Waals surface area contributed by atoms with Gasteiger partial charge in [-0.3, -0.25) is 4.79 Å². The van der Waals surface area contributed by atoms with E-state index in [1.54, 1.807) is 47.4 Å². The van der Waals surface area contributed by atoms with Gasteiger partial charge in [-0.05, 0) is 61.4 Å². The first-order valence-corrected chi connectivity index (χ1v) is 10.8. The second kappa shape index (κ2) is 9.97. The number of nitrogens with zero attached hydrogens (tertiary/aromatic N) is 4. The molecule has 1 amide bonds. The molecule has 0 saturated carbocycles. The topological polar surface area (TPSA) is 83.2 Å². The Bertz CT molecular complexity index is 1260. The Morgan fingerprint density at radius 1 is 1.00 bits per heavy atom. The van der Waals surface area contributed by atoms with Gasteiger partial charge in [0.1, 0.15) is 11.5 Å². The number of rotatable bonds is 8. The van der Waals surface area contributed by atoms with Gasteiger partial charge in [0.2, 0.25) is 0 Å². The molecule has 0 unspecified atom stereocenters. The van der Waals surface area contributed by atoms with Gasteiger partial charge in [0.25, 0.3) is 5.91 Å². The van der Waals surface area contributed by atoms with E-state index in [-0.39, 0.29) is 25.1 Å². The van der Waals surface area contributed by atoms with Crippen LogP contribution in [0.15, 0.2) is 61.1 Å². The molecule has 0 fully saturated rings. The number of anilines is 1. The van der Waals surface area contributed by atoms with Crippen molar-refractivity contribution in [3.8, 4) is 11.5 Å². The molecule has 4 rings (SSSR count). The van der Waals surface area contributed by atoms with E-state index in [0.717, 1.165) is 16.1 Å². The number of halogens is 2. The number of benzene rings is 2. The molecule has 0 atom stereocenters. The summed E-state index contributed by atoms with van der Waals surface area (Å²) < 4.78 is 14.5. The largest absolute Gasteiger partial charge is 0.471 e. The highest BCUT2D eigenvalue weighted by Crippen LogP contribution is 2.26. The van der Waals surface area contributed by atoms with Crippen LogP contribution in [0.3, 0.4) is 0 Å². The number of nitrogens with one attached hydrogen (secondary N) is 1. The molecular formula is C23H21Cl2N5O3. The number of hydrogen-bond donors (Lipinski definition) is 1. The number of carbonyl (C=O) groups is 1. The molecule has 2 aromatic carbocycles. The molecule has 10 heteroatoms. The summed E-state index contributed by atoms with van der Waals surface area (Å²) in [5, 5.41) is 12.5. The average molecular weight is 486 g/mol. The predicted molar refractivity (Wildman–Crippen MR) is 126 cm³/mol. The first-order valence-electron chi connectivity index (χ1n) is 10.0. The average Bonchev–Trinajstić information content (AvgIpc) is 3.44. The van der Waals surface area contributed by atoms with Crippen LogP contribution in [0, 0.1) is 13.8 Å². The van der Waals surface area contributed by atoms with Crippen molar-refractivity contribution in [3.63, 3.8) is 0 Å². The van der Waals surface area contributed by atoms with E-state index in [2.05, 4.69) is 15.5 Å². The normalized spacial score (nSPS) is 10.8. The van der Waals surface area contributed by atoms with Crippen LogP contribution in [0.1, 0.15) is 21.6 Å². The smallest absolute Gasteiger partial charge is 0.276 e. The van der Waals surface area contributed by atoms with Crippen LogP contribution in [0.2, 0.25) is 10.0 Å². The molecule has 170 valence electrons. The van der Waals surface area contributed by atoms with Crippen molar-refractivity contribution >= 4 is 34.8 Å². The van der Waals surface area contributed by atoms with Crippen LogP contribution in [0.5, 0.6) is 11.5 Å². The maximum atomic E-state index is 12.5. The molecule has 1 N–H and O–H groups in total. The lowest BCUT2D eigenvalue weighted by Crippen LogP contribution is -2.14. The minimum Gasteiger partial charge on any atom is -0.471 e. The summed E-state index contributed by atoms with van der Waals surface area (Å²) in [4.78, 5) is 12.5. The number of aromatic nitrogens is 4. The molecule has 4 aromatic rings. The predicted octanol–water partition coefficient (Wildman–Crippen LogP) is 5.33. The number of hydrogen-bond acceptors (Lipinski definition) is 5. The fraction of sp³-hybridized carbons (Fsp3) is 0.174. The van der Waals surface area contributed by atoms with Crippen molar-refractivity contribution in [2.45, 2.75) is 27.3 Å². The van der Waals surface area contributed by atoms with Gasteiger partial charge in [-0.25, -0.2) is 9.36 Å². The highest BCUT2D eigenvalue weighted by molar-refractivity contribution is 6.32. The fourth-order valence-corrected chi connectivity index (χ4v) is 3.37. The molecule has 0 saturated heterocycles. The minimum atomic E-state index is -0.359. The van der Waals surface area contributed by atoms with Gasteiger partial charge in [0.15, 0.2) is 19.2 Å². The zero-order chi connectivity index (χ0) is 23.4. The maximum absolute atomic E-state index is 12.5. The number of ether oxygens (including phenoxy) is 2. The molecule has 0 bridgehead atoms. The highest BCUT2D eigenvalue weighted by Gasteiger charge is 2.12. The summed E-state index contributed by atoms with van der Waals surface area (Å²) in [5.41, 5.74) is 2.65. The Morgan fingerprint density at radius 2 is 1.73 bits per heavy atom. The molecule has 2 aromatic heterocycles. The first kappa shape index (κ1) is 22.7. The standard InChI is InChI=1S/C23H21Cl2N5O3/c1-15-8-20(9-16(2)22(15)25)33-13-29-7-6-21(28-29)23(31)27-18-11-26-30(12-18)14-32-19-5-3-4-17(24)10-19/h3-12H,13-14H2,1-2H3,(H,27,31). The van der Waals surface area contributed by atoms with Crippen LogP contribution >= 0.6 is 23.2 Å². The highest BCUT2D eigenvalue weighted by atomic mass is 35.5. The lowest BCUT2D eigenvalue weighted by Gasteiger charge is -2.10. The van der Waals surface area contributed by atoms with Crippen LogP contribution in [-0.4, -0.2) is 25.5 Å².